The molecule has 1 atom stereocenters. The smallest absolute Gasteiger partial charge is 0.481 e. The van der Waals surface area contributed by atoms with Crippen LogP contribution >= 0.6 is 0 Å². The molecule has 0 radical (unpaired) electrons. The number of hydrogen-bond donors (Lipinski definition) is 3. The largest absolute Gasteiger partial charge is 1.00 e. The molecule has 4 N–H and O–H groups in total. The Labute approximate surface area is 76.3 Å². The van der Waals surface area contributed by atoms with Crippen molar-refractivity contribution in [2.75, 3.05) is 0 Å². The predicted molar refractivity (Wildman–Crippen MR) is 38.6 cm³/mol. The molecule has 0 aromatic rings. The van der Waals surface area contributed by atoms with Gasteiger partial charge in [-0.25, -0.2) is 0 Å². The minimum Gasteiger partial charge on any atom is -0.481 e. The maximum atomic E-state index is 9.85. The summed E-state index contributed by atoms with van der Waals surface area (Å²) in [6, 6.07) is -1.29. The van der Waals surface area contributed by atoms with Crippen LogP contribution in [0.2, 0.25) is 0 Å². The first-order valence-corrected chi connectivity index (χ1v) is 2.24. The molecule has 0 bridgehead atoms. The van der Waals surface area contributed by atoms with Crippen LogP contribution in [-0.4, -0.2) is 51.2 Å². The fraction of sp³-hybridized carbons (Fsp3) is 0.500. The molecule has 5 nitrogen and oxygen atoms in total. The van der Waals surface area contributed by atoms with Crippen LogP contribution in [0.15, 0.2) is 0 Å². The number of rotatable bonds is 3. The molecular weight excluding hydrogens is 150 g/mol. The normalized spacial score (nSPS) is 11.3. The van der Waals surface area contributed by atoms with Gasteiger partial charge in [0.1, 0.15) is 6.04 Å². The van der Waals surface area contributed by atoms with Crippen molar-refractivity contribution in [3.63, 3.8) is 0 Å². The minimum absolute atomic E-state index is 0. The molecule has 0 saturated heterocycles. The van der Waals surface area contributed by atoms with E-state index >= 15 is 0 Å². The van der Waals surface area contributed by atoms with Crippen LogP contribution in [0.1, 0.15) is 9.27 Å². The van der Waals surface area contributed by atoms with Crippen molar-refractivity contribution in [3.8, 4) is 0 Å². The van der Waals surface area contributed by atoms with E-state index in [1.54, 1.807) is 0 Å². The van der Waals surface area contributed by atoms with Crippen molar-refractivity contribution >= 4 is 35.0 Å². The summed E-state index contributed by atoms with van der Waals surface area (Å²) >= 11 is 0. The van der Waals surface area contributed by atoms with Gasteiger partial charge in [0.2, 0.25) is 0 Å². The topological polar surface area (TPSA) is 101 Å². The average molecular weight is 161 g/mol. The number of carboxylic acids is 2. The summed E-state index contributed by atoms with van der Waals surface area (Å²) in [6.07, 6.45) is -0.532. The van der Waals surface area contributed by atoms with Gasteiger partial charge in [0.15, 0.2) is 0 Å². The van der Waals surface area contributed by atoms with E-state index in [1.165, 1.54) is 0 Å². The van der Waals surface area contributed by atoms with Crippen LogP contribution in [0, 0.1) is 0 Å². The number of carboxylic acid groups (broad SMARTS) is 2. The first-order chi connectivity index (χ1) is 4.04. The molecule has 0 fully saturated rings. The van der Waals surface area contributed by atoms with Gasteiger partial charge < -0.3 is 15.9 Å². The molecule has 0 saturated carbocycles. The van der Waals surface area contributed by atoms with Crippen LogP contribution in [0.4, 0.5) is 0 Å². The second-order valence-corrected chi connectivity index (χ2v) is 1.54. The van der Waals surface area contributed by atoms with Crippen molar-refractivity contribution in [3.05, 3.63) is 0 Å². The van der Waals surface area contributed by atoms with Gasteiger partial charge in [-0.15, -0.1) is 0 Å². The molecular formula is C4H11MgNO4+2. The highest BCUT2D eigenvalue weighted by Crippen LogP contribution is 1.86. The summed E-state index contributed by atoms with van der Waals surface area (Å²) in [4.78, 5) is 19.6. The Kier molecular flexibility index (Phi) is 6.73. The quantitative estimate of drug-likeness (QED) is 0.423. The first kappa shape index (κ1) is 12.4. The maximum Gasteiger partial charge on any atom is 1.00 e. The highest BCUT2D eigenvalue weighted by atomic mass is 24.3. The number of nitrogens with two attached hydrogens (primary N) is 1. The third-order valence-corrected chi connectivity index (χ3v) is 0.712. The van der Waals surface area contributed by atoms with Crippen molar-refractivity contribution in [2.24, 2.45) is 5.73 Å². The summed E-state index contributed by atoms with van der Waals surface area (Å²) in [5, 5.41) is 16.0. The second-order valence-electron chi connectivity index (χ2n) is 1.54. The SMILES string of the molecule is NC(CC(=O)O)C(=O)O.[H+].[H+].[MgH2]. The standard InChI is InChI=1S/C4H7NO4.Mg.2H/c5-2(4(8)9)1-3(6)7;;;/h2H,1,5H2,(H,6,7)(H,8,9);;;/p+2. The van der Waals surface area contributed by atoms with Crippen molar-refractivity contribution in [1.29, 1.82) is 0 Å². The molecule has 0 aliphatic heterocycles. The molecule has 0 aliphatic rings. The minimum atomic E-state index is -1.29. The Morgan fingerprint density at radius 3 is 2.00 bits per heavy atom. The third-order valence-electron chi connectivity index (χ3n) is 0.712. The van der Waals surface area contributed by atoms with Gasteiger partial charge in [-0.2, -0.15) is 0 Å². The number of aliphatic carboxylic acids is 2. The van der Waals surface area contributed by atoms with Crippen LogP contribution < -0.4 is 5.73 Å². The molecule has 56 valence electrons. The predicted octanol–water partition coefficient (Wildman–Crippen LogP) is -1.82. The molecule has 0 spiro atoms. The Hall–Kier alpha value is -0.334. The molecule has 0 heterocycles. The van der Waals surface area contributed by atoms with Gasteiger partial charge in [0, 0.05) is 0 Å². The van der Waals surface area contributed by atoms with Crippen molar-refractivity contribution in [1.82, 2.24) is 0 Å². The highest BCUT2D eigenvalue weighted by Gasteiger charge is 2.14. The molecule has 0 aliphatic carbocycles. The lowest BCUT2D eigenvalue weighted by Crippen LogP contribution is -2.32. The Morgan fingerprint density at radius 2 is 1.90 bits per heavy atom. The Morgan fingerprint density at radius 1 is 1.50 bits per heavy atom. The van der Waals surface area contributed by atoms with E-state index in [9.17, 15) is 9.59 Å². The van der Waals surface area contributed by atoms with Gasteiger partial charge in [-0.1, -0.05) is 0 Å². The Bertz CT molecular complexity index is 145. The molecule has 0 aromatic heterocycles. The second kappa shape index (κ2) is 5.45. The van der Waals surface area contributed by atoms with Gasteiger partial charge in [-0.3, -0.25) is 9.59 Å². The average Bonchev–Trinajstić information content (AvgIpc) is 1.63. The zero-order valence-electron chi connectivity index (χ0n) is 6.57. The fourth-order valence-electron chi connectivity index (χ4n) is 0.275. The number of carbonyl (C=O) groups is 2. The van der Waals surface area contributed by atoms with Crippen LogP contribution in [0.5, 0.6) is 0 Å². The lowest BCUT2D eigenvalue weighted by atomic mass is 10.2. The van der Waals surface area contributed by atoms with Crippen molar-refractivity contribution in [2.45, 2.75) is 12.5 Å². The first-order valence-electron chi connectivity index (χ1n) is 2.24. The number of hydrogen-bond acceptors (Lipinski definition) is 3. The summed E-state index contributed by atoms with van der Waals surface area (Å²) in [7, 11) is 0. The zero-order valence-corrected chi connectivity index (χ0v) is 4.57. The lowest BCUT2D eigenvalue weighted by molar-refractivity contribution is -0.144. The zero-order chi connectivity index (χ0) is 7.44. The highest BCUT2D eigenvalue weighted by molar-refractivity contribution is 5.80. The molecule has 0 rings (SSSR count). The fourth-order valence-corrected chi connectivity index (χ4v) is 0.275. The van der Waals surface area contributed by atoms with E-state index in [4.69, 9.17) is 15.9 Å². The van der Waals surface area contributed by atoms with Gasteiger partial charge in [0.25, 0.3) is 0 Å². The molecule has 10 heavy (non-hydrogen) atoms. The van der Waals surface area contributed by atoms with E-state index in [2.05, 4.69) is 0 Å². The van der Waals surface area contributed by atoms with Crippen LogP contribution in [0.25, 0.3) is 0 Å². The van der Waals surface area contributed by atoms with Crippen LogP contribution in [-0.2, 0) is 9.59 Å². The Balaban J connectivity index is -0.000000107. The summed E-state index contributed by atoms with van der Waals surface area (Å²) in [5.41, 5.74) is 4.84. The van der Waals surface area contributed by atoms with E-state index in [0.29, 0.717) is 0 Å². The molecule has 0 aromatic carbocycles. The van der Waals surface area contributed by atoms with Crippen LogP contribution in [0.3, 0.4) is 0 Å². The summed E-state index contributed by atoms with van der Waals surface area (Å²) < 4.78 is 0. The lowest BCUT2D eigenvalue weighted by Gasteiger charge is -1.99. The molecule has 1 unspecified atom stereocenters. The van der Waals surface area contributed by atoms with Crippen molar-refractivity contribution < 1.29 is 22.7 Å². The van der Waals surface area contributed by atoms with Gasteiger partial charge >= 0.3 is 37.8 Å². The summed E-state index contributed by atoms with van der Waals surface area (Å²) in [5.74, 6) is -2.50. The monoisotopic (exact) mass is 161 g/mol. The molecule has 6 heteroatoms. The van der Waals surface area contributed by atoms with E-state index in [1.807, 2.05) is 0 Å². The summed E-state index contributed by atoms with van der Waals surface area (Å²) in [6.45, 7) is 0. The maximum absolute atomic E-state index is 9.85. The van der Waals surface area contributed by atoms with E-state index < -0.39 is 24.4 Å². The van der Waals surface area contributed by atoms with E-state index in [0.717, 1.165) is 0 Å². The van der Waals surface area contributed by atoms with E-state index in [-0.39, 0.29) is 25.9 Å². The van der Waals surface area contributed by atoms with Gasteiger partial charge in [0.05, 0.1) is 6.42 Å². The van der Waals surface area contributed by atoms with Gasteiger partial charge in [-0.05, 0) is 0 Å². The third kappa shape index (κ3) is 5.80. The molecule has 0 amide bonds.